The van der Waals surface area contributed by atoms with E-state index >= 15 is 0 Å². The molecule has 0 saturated carbocycles. The summed E-state index contributed by atoms with van der Waals surface area (Å²) in [5.74, 6) is 0. The Morgan fingerprint density at radius 3 is 2.43 bits per heavy atom. The van der Waals surface area contributed by atoms with Crippen LogP contribution in [0.4, 0.5) is 0 Å². The number of fused-ring (bicyclic) bond motifs is 1. The van der Waals surface area contributed by atoms with E-state index in [1.54, 1.807) is 11.1 Å². The van der Waals surface area contributed by atoms with Gasteiger partial charge in [-0.25, -0.2) is 0 Å². The Morgan fingerprint density at radius 1 is 1.14 bits per heavy atom. The molecule has 0 bridgehead atoms. The SMILES string of the molecule is CC(C)(C)NCC1(C[Si](C)(C)C)CCCc2ccccc21. The van der Waals surface area contributed by atoms with Crippen LogP contribution >= 0.6 is 0 Å². The van der Waals surface area contributed by atoms with Crippen molar-refractivity contribution in [1.82, 2.24) is 5.32 Å². The fraction of sp³-hybridized carbons (Fsp3) is 0.684. The second-order valence-corrected chi connectivity index (χ2v) is 14.6. The van der Waals surface area contributed by atoms with Crippen LogP contribution < -0.4 is 5.32 Å². The average Bonchev–Trinajstić information content (AvgIpc) is 2.34. The lowest BCUT2D eigenvalue weighted by atomic mass is 9.70. The van der Waals surface area contributed by atoms with E-state index in [1.165, 1.54) is 25.3 Å². The number of nitrogens with one attached hydrogen (secondary N) is 1. The van der Waals surface area contributed by atoms with E-state index in [9.17, 15) is 0 Å². The summed E-state index contributed by atoms with van der Waals surface area (Å²) in [5, 5.41) is 3.82. The zero-order valence-electron chi connectivity index (χ0n) is 14.8. The maximum absolute atomic E-state index is 3.82. The van der Waals surface area contributed by atoms with Crippen LogP contribution in [0.2, 0.25) is 25.7 Å². The minimum absolute atomic E-state index is 0.193. The van der Waals surface area contributed by atoms with Gasteiger partial charge in [-0.15, -0.1) is 0 Å². The molecule has 1 atom stereocenters. The van der Waals surface area contributed by atoms with Crippen LogP contribution in [-0.4, -0.2) is 20.2 Å². The molecule has 1 unspecified atom stereocenters. The standard InChI is InChI=1S/C19H33NSi/c1-18(2,3)20-14-19(15-21(4,5)6)13-9-11-16-10-7-8-12-17(16)19/h7-8,10,12,20H,9,11,13-15H2,1-6H3. The molecule has 118 valence electrons. The van der Waals surface area contributed by atoms with Gasteiger partial charge in [0.2, 0.25) is 0 Å². The Balaban J connectivity index is 2.37. The summed E-state index contributed by atoms with van der Waals surface area (Å²) in [6.45, 7) is 15.5. The molecule has 0 amide bonds. The fourth-order valence-corrected chi connectivity index (χ4v) is 6.41. The molecule has 1 aliphatic carbocycles. The Hall–Kier alpha value is -0.603. The molecule has 0 radical (unpaired) electrons. The smallest absolute Gasteiger partial charge is 0.0451 e. The lowest BCUT2D eigenvalue weighted by Gasteiger charge is -2.44. The fourth-order valence-electron chi connectivity index (χ4n) is 3.89. The lowest BCUT2D eigenvalue weighted by Crippen LogP contribution is -2.50. The molecule has 1 aromatic carbocycles. The summed E-state index contributed by atoms with van der Waals surface area (Å²) in [4.78, 5) is 0. The Kier molecular flexibility index (Phi) is 4.70. The van der Waals surface area contributed by atoms with Crippen molar-refractivity contribution >= 4 is 8.07 Å². The molecule has 0 fully saturated rings. The van der Waals surface area contributed by atoms with Crippen LogP contribution in [0.15, 0.2) is 24.3 Å². The van der Waals surface area contributed by atoms with Crippen LogP contribution in [-0.2, 0) is 11.8 Å². The zero-order valence-corrected chi connectivity index (χ0v) is 15.8. The first-order valence-corrected chi connectivity index (χ1v) is 12.2. The number of hydrogen-bond acceptors (Lipinski definition) is 1. The minimum Gasteiger partial charge on any atom is -0.311 e. The van der Waals surface area contributed by atoms with Crippen molar-refractivity contribution < 1.29 is 0 Å². The van der Waals surface area contributed by atoms with Gasteiger partial charge in [0.1, 0.15) is 0 Å². The van der Waals surface area contributed by atoms with Gasteiger partial charge in [-0.05, 0) is 57.2 Å². The van der Waals surface area contributed by atoms with Crippen molar-refractivity contribution in [3.8, 4) is 0 Å². The number of benzene rings is 1. The molecular weight excluding hydrogens is 270 g/mol. The molecule has 0 saturated heterocycles. The van der Waals surface area contributed by atoms with Gasteiger partial charge in [0.25, 0.3) is 0 Å². The maximum Gasteiger partial charge on any atom is 0.0451 e. The highest BCUT2D eigenvalue weighted by atomic mass is 28.3. The third-order valence-electron chi connectivity index (χ3n) is 4.52. The number of aryl methyl sites for hydroxylation is 1. The van der Waals surface area contributed by atoms with Crippen molar-refractivity contribution in [3.63, 3.8) is 0 Å². The molecule has 2 heteroatoms. The summed E-state index contributed by atoms with van der Waals surface area (Å²) in [6, 6.07) is 10.6. The third kappa shape index (κ3) is 4.43. The van der Waals surface area contributed by atoms with Crippen molar-refractivity contribution in [3.05, 3.63) is 35.4 Å². The van der Waals surface area contributed by atoms with Crippen molar-refractivity contribution in [2.24, 2.45) is 0 Å². The van der Waals surface area contributed by atoms with Gasteiger partial charge in [-0.3, -0.25) is 0 Å². The summed E-state index contributed by atoms with van der Waals surface area (Å²) in [7, 11) is -1.12. The molecule has 0 aliphatic heterocycles. The first-order chi connectivity index (χ1) is 9.61. The topological polar surface area (TPSA) is 12.0 Å². The van der Waals surface area contributed by atoms with Crippen LogP contribution in [0.5, 0.6) is 0 Å². The van der Waals surface area contributed by atoms with Crippen molar-refractivity contribution in [2.75, 3.05) is 6.54 Å². The van der Waals surface area contributed by atoms with E-state index in [0.717, 1.165) is 6.54 Å². The highest BCUT2D eigenvalue weighted by molar-refractivity contribution is 6.76. The van der Waals surface area contributed by atoms with Crippen molar-refractivity contribution in [2.45, 2.75) is 76.7 Å². The largest absolute Gasteiger partial charge is 0.311 e. The zero-order chi connectivity index (χ0) is 15.7. The number of rotatable bonds is 4. The van der Waals surface area contributed by atoms with Crippen LogP contribution in [0.25, 0.3) is 0 Å². The van der Waals surface area contributed by atoms with Gasteiger partial charge in [0.05, 0.1) is 0 Å². The molecule has 2 rings (SSSR count). The molecule has 1 aromatic rings. The van der Waals surface area contributed by atoms with E-state index in [-0.39, 0.29) is 5.54 Å². The molecule has 1 nitrogen and oxygen atoms in total. The molecule has 1 N–H and O–H groups in total. The summed E-state index contributed by atoms with van der Waals surface area (Å²) in [6.07, 6.45) is 3.95. The van der Waals surface area contributed by atoms with Crippen LogP contribution in [0.3, 0.4) is 0 Å². The van der Waals surface area contributed by atoms with E-state index < -0.39 is 8.07 Å². The van der Waals surface area contributed by atoms with Gasteiger partial charge >= 0.3 is 0 Å². The normalized spacial score (nSPS) is 23.0. The second-order valence-electron chi connectivity index (χ2n) is 9.13. The van der Waals surface area contributed by atoms with Gasteiger partial charge in [0.15, 0.2) is 0 Å². The molecular formula is C19H33NSi. The summed E-state index contributed by atoms with van der Waals surface area (Å²) in [5.41, 5.74) is 3.78. The number of hydrogen-bond donors (Lipinski definition) is 1. The Bertz CT molecular complexity index is 481. The van der Waals surface area contributed by atoms with Gasteiger partial charge in [-0.1, -0.05) is 43.9 Å². The summed E-state index contributed by atoms with van der Waals surface area (Å²) >= 11 is 0. The van der Waals surface area contributed by atoms with E-state index in [4.69, 9.17) is 0 Å². The highest BCUT2D eigenvalue weighted by Crippen LogP contribution is 2.43. The first kappa shape index (κ1) is 16.8. The predicted molar refractivity (Wildman–Crippen MR) is 97.0 cm³/mol. The first-order valence-electron chi connectivity index (χ1n) is 8.45. The molecule has 0 heterocycles. The quantitative estimate of drug-likeness (QED) is 0.773. The Morgan fingerprint density at radius 2 is 1.81 bits per heavy atom. The Labute approximate surface area is 132 Å². The monoisotopic (exact) mass is 303 g/mol. The van der Waals surface area contributed by atoms with Gasteiger partial charge in [0, 0.05) is 25.6 Å². The van der Waals surface area contributed by atoms with E-state index in [1.807, 2.05) is 0 Å². The average molecular weight is 304 g/mol. The van der Waals surface area contributed by atoms with E-state index in [0.29, 0.717) is 5.41 Å². The van der Waals surface area contributed by atoms with Gasteiger partial charge < -0.3 is 5.32 Å². The van der Waals surface area contributed by atoms with Crippen LogP contribution in [0.1, 0.15) is 44.7 Å². The minimum atomic E-state index is -1.12. The third-order valence-corrected chi connectivity index (χ3v) is 6.25. The lowest BCUT2D eigenvalue weighted by molar-refractivity contribution is 0.313. The second kappa shape index (κ2) is 5.89. The maximum atomic E-state index is 3.82. The highest BCUT2D eigenvalue weighted by Gasteiger charge is 2.40. The van der Waals surface area contributed by atoms with Crippen molar-refractivity contribution in [1.29, 1.82) is 0 Å². The van der Waals surface area contributed by atoms with Crippen LogP contribution in [0, 0.1) is 0 Å². The molecule has 0 spiro atoms. The molecule has 1 aliphatic rings. The van der Waals surface area contributed by atoms with Gasteiger partial charge in [-0.2, -0.15) is 0 Å². The molecule has 21 heavy (non-hydrogen) atoms. The predicted octanol–water partition coefficient (Wildman–Crippen LogP) is 4.99. The molecule has 0 aromatic heterocycles. The van der Waals surface area contributed by atoms with E-state index in [2.05, 4.69) is 70.0 Å². The summed E-state index contributed by atoms with van der Waals surface area (Å²) < 4.78 is 0.